The molecule has 0 aromatic heterocycles. The molecule has 1 aliphatic rings. The highest BCUT2D eigenvalue weighted by atomic mass is 16.5. The molecule has 4 nitrogen and oxygen atoms in total. The number of hydrogen-bond acceptors (Lipinski definition) is 4. The van der Waals surface area contributed by atoms with E-state index in [2.05, 4.69) is 0 Å². The van der Waals surface area contributed by atoms with Crippen molar-refractivity contribution < 1.29 is 19.4 Å². The number of Topliss-reactive ketones (excluding diaryl/α,β-unsaturated/α-hetero) is 1. The third-order valence-corrected chi connectivity index (χ3v) is 4.29. The number of benzene rings is 1. The molecular weight excluding hydrogens is 316 g/mol. The molecule has 0 radical (unpaired) electrons. The number of allylic oxidation sites excluding steroid dienone is 3. The van der Waals surface area contributed by atoms with Gasteiger partial charge < -0.3 is 9.84 Å². The molecule has 0 fully saturated rings. The summed E-state index contributed by atoms with van der Waals surface area (Å²) >= 11 is 0. The lowest BCUT2D eigenvalue weighted by Gasteiger charge is -2.28. The summed E-state index contributed by atoms with van der Waals surface area (Å²) in [4.78, 5) is 24.6. The SMILES string of the molecule is COC1=CC(=O)C=C(c2cc(C(C)(C)C)c(O)c(C(C)(C)C)c2)C1=O. The van der Waals surface area contributed by atoms with Crippen LogP contribution in [-0.4, -0.2) is 23.8 Å². The van der Waals surface area contributed by atoms with E-state index < -0.39 is 0 Å². The molecular formula is C21H26O4. The first-order chi connectivity index (χ1) is 11.4. The van der Waals surface area contributed by atoms with Crippen LogP contribution in [0.3, 0.4) is 0 Å². The molecule has 2 rings (SSSR count). The van der Waals surface area contributed by atoms with Crippen molar-refractivity contribution in [1.29, 1.82) is 0 Å². The van der Waals surface area contributed by atoms with E-state index in [4.69, 9.17) is 4.74 Å². The van der Waals surface area contributed by atoms with Gasteiger partial charge in [0, 0.05) is 22.8 Å². The van der Waals surface area contributed by atoms with E-state index in [0.29, 0.717) is 11.1 Å². The van der Waals surface area contributed by atoms with Gasteiger partial charge in [-0.25, -0.2) is 0 Å². The second-order valence-electron chi connectivity index (χ2n) is 8.42. The van der Waals surface area contributed by atoms with Crippen molar-refractivity contribution in [2.45, 2.75) is 52.4 Å². The van der Waals surface area contributed by atoms with Gasteiger partial charge in [0.15, 0.2) is 11.5 Å². The molecule has 0 saturated heterocycles. The van der Waals surface area contributed by atoms with Crippen LogP contribution in [0.25, 0.3) is 5.57 Å². The molecule has 0 saturated carbocycles. The smallest absolute Gasteiger partial charge is 0.228 e. The monoisotopic (exact) mass is 342 g/mol. The van der Waals surface area contributed by atoms with E-state index in [1.165, 1.54) is 19.3 Å². The summed E-state index contributed by atoms with van der Waals surface area (Å²) in [7, 11) is 1.37. The minimum Gasteiger partial charge on any atom is -0.507 e. The fraction of sp³-hybridized carbons (Fsp3) is 0.429. The molecule has 4 heteroatoms. The van der Waals surface area contributed by atoms with Crippen LogP contribution in [0, 0.1) is 0 Å². The van der Waals surface area contributed by atoms with E-state index in [1.54, 1.807) is 12.1 Å². The molecule has 0 atom stereocenters. The molecule has 0 aliphatic heterocycles. The van der Waals surface area contributed by atoms with Crippen molar-refractivity contribution in [2.24, 2.45) is 0 Å². The van der Waals surface area contributed by atoms with Gasteiger partial charge in [0.05, 0.1) is 7.11 Å². The van der Waals surface area contributed by atoms with Crippen molar-refractivity contribution in [3.63, 3.8) is 0 Å². The lowest BCUT2D eigenvalue weighted by atomic mass is 9.77. The molecule has 0 unspecified atom stereocenters. The molecule has 1 aromatic rings. The van der Waals surface area contributed by atoms with Gasteiger partial charge >= 0.3 is 0 Å². The summed E-state index contributed by atoms with van der Waals surface area (Å²) in [6.45, 7) is 12.0. The third-order valence-electron chi connectivity index (χ3n) is 4.29. The molecule has 0 heterocycles. The summed E-state index contributed by atoms with van der Waals surface area (Å²) in [5, 5.41) is 10.8. The first-order valence-corrected chi connectivity index (χ1v) is 8.30. The van der Waals surface area contributed by atoms with E-state index in [1.807, 2.05) is 41.5 Å². The van der Waals surface area contributed by atoms with Crippen molar-refractivity contribution in [3.05, 3.63) is 46.7 Å². The Morgan fingerprint density at radius 3 is 1.76 bits per heavy atom. The van der Waals surface area contributed by atoms with E-state index in [-0.39, 0.29) is 33.9 Å². The fourth-order valence-corrected chi connectivity index (χ4v) is 2.88. The van der Waals surface area contributed by atoms with Crippen LogP contribution in [0.5, 0.6) is 5.75 Å². The van der Waals surface area contributed by atoms with Gasteiger partial charge in [-0.15, -0.1) is 0 Å². The highest BCUT2D eigenvalue weighted by Gasteiger charge is 2.30. The predicted octanol–water partition coefficient (Wildman–Crippen LogP) is 4.05. The Morgan fingerprint density at radius 2 is 1.36 bits per heavy atom. The van der Waals surface area contributed by atoms with E-state index in [9.17, 15) is 14.7 Å². The Kier molecular flexibility index (Phi) is 4.69. The largest absolute Gasteiger partial charge is 0.507 e. The van der Waals surface area contributed by atoms with Crippen LogP contribution in [0.15, 0.2) is 30.0 Å². The first kappa shape index (κ1) is 19.0. The van der Waals surface area contributed by atoms with Crippen LogP contribution >= 0.6 is 0 Å². The lowest BCUT2D eigenvalue weighted by Crippen LogP contribution is -2.20. The van der Waals surface area contributed by atoms with E-state index >= 15 is 0 Å². The minimum atomic E-state index is -0.326. The number of carbonyl (C=O) groups is 2. The standard InChI is InChI=1S/C21H26O4/c1-20(2,3)15-8-12(9-16(19(15)24)21(4,5)6)14-10-13(22)11-17(25-7)18(14)23/h8-11,24H,1-7H3. The summed E-state index contributed by atoms with van der Waals surface area (Å²) < 4.78 is 5.04. The highest BCUT2D eigenvalue weighted by molar-refractivity contribution is 6.35. The van der Waals surface area contributed by atoms with Crippen LogP contribution in [0.4, 0.5) is 0 Å². The van der Waals surface area contributed by atoms with Crippen molar-refractivity contribution in [3.8, 4) is 5.75 Å². The Bertz CT molecular complexity index is 761. The Hall–Kier alpha value is -2.36. The second kappa shape index (κ2) is 6.17. The average Bonchev–Trinajstić information content (AvgIpc) is 2.47. The van der Waals surface area contributed by atoms with Gasteiger partial charge in [-0.1, -0.05) is 41.5 Å². The maximum absolute atomic E-state index is 12.6. The van der Waals surface area contributed by atoms with Crippen molar-refractivity contribution in [2.75, 3.05) is 7.11 Å². The number of rotatable bonds is 2. The minimum absolute atomic E-state index is 0.0326. The summed E-state index contributed by atoms with van der Waals surface area (Å²) in [5.74, 6) is -0.340. The van der Waals surface area contributed by atoms with Crippen LogP contribution in [0.2, 0.25) is 0 Å². The zero-order valence-electron chi connectivity index (χ0n) is 16.0. The van der Waals surface area contributed by atoms with Gasteiger partial charge in [-0.2, -0.15) is 0 Å². The third kappa shape index (κ3) is 3.68. The number of methoxy groups -OCH3 is 1. The topological polar surface area (TPSA) is 63.6 Å². The summed E-state index contributed by atoms with van der Waals surface area (Å²) in [6, 6.07) is 3.58. The fourth-order valence-electron chi connectivity index (χ4n) is 2.88. The van der Waals surface area contributed by atoms with Gasteiger partial charge in [0.1, 0.15) is 5.75 Å². The summed E-state index contributed by atoms with van der Waals surface area (Å²) in [5.41, 5.74) is 1.76. The van der Waals surface area contributed by atoms with Crippen molar-refractivity contribution >= 4 is 17.1 Å². The van der Waals surface area contributed by atoms with Crippen LogP contribution < -0.4 is 0 Å². The molecule has 1 N–H and O–H groups in total. The molecule has 25 heavy (non-hydrogen) atoms. The number of hydrogen-bond donors (Lipinski definition) is 1. The number of aromatic hydroxyl groups is 1. The zero-order chi connectivity index (χ0) is 19.2. The normalized spacial score (nSPS) is 15.8. The second-order valence-corrected chi connectivity index (χ2v) is 8.42. The first-order valence-electron chi connectivity index (χ1n) is 8.30. The lowest BCUT2D eigenvalue weighted by molar-refractivity contribution is -0.116. The molecule has 1 aliphatic carbocycles. The number of ketones is 2. The zero-order valence-corrected chi connectivity index (χ0v) is 16.0. The highest BCUT2D eigenvalue weighted by Crippen LogP contribution is 2.41. The number of phenols is 1. The quantitative estimate of drug-likeness (QED) is 0.824. The molecule has 0 bridgehead atoms. The number of phenolic OH excluding ortho intramolecular Hbond substituents is 1. The van der Waals surface area contributed by atoms with Crippen LogP contribution in [-0.2, 0) is 25.2 Å². The van der Waals surface area contributed by atoms with Crippen LogP contribution in [0.1, 0.15) is 58.2 Å². The number of ether oxygens (including phenoxy) is 1. The van der Waals surface area contributed by atoms with Gasteiger partial charge in [0.25, 0.3) is 0 Å². The van der Waals surface area contributed by atoms with Crippen molar-refractivity contribution in [1.82, 2.24) is 0 Å². The Morgan fingerprint density at radius 1 is 0.880 bits per heavy atom. The van der Waals surface area contributed by atoms with Gasteiger partial charge in [0.2, 0.25) is 5.78 Å². The molecule has 0 amide bonds. The van der Waals surface area contributed by atoms with Gasteiger partial charge in [-0.3, -0.25) is 9.59 Å². The molecule has 0 spiro atoms. The number of carbonyl (C=O) groups excluding carboxylic acids is 2. The summed E-state index contributed by atoms with van der Waals surface area (Å²) in [6.07, 6.45) is 2.53. The maximum Gasteiger partial charge on any atom is 0.228 e. The maximum atomic E-state index is 12.6. The molecule has 1 aromatic carbocycles. The predicted molar refractivity (Wildman–Crippen MR) is 98.6 cm³/mol. The Labute approximate surface area is 149 Å². The van der Waals surface area contributed by atoms with Gasteiger partial charge in [-0.05, 0) is 34.6 Å². The van der Waals surface area contributed by atoms with E-state index in [0.717, 1.165) is 11.1 Å². The average molecular weight is 342 g/mol. The Balaban J connectivity index is 2.75. The molecule has 134 valence electrons.